The van der Waals surface area contributed by atoms with Crippen molar-refractivity contribution in [2.24, 2.45) is 0 Å². The van der Waals surface area contributed by atoms with E-state index in [2.05, 4.69) is 0 Å². The highest BCUT2D eigenvalue weighted by atomic mass is 35.5. The van der Waals surface area contributed by atoms with Crippen LogP contribution in [-0.2, 0) is 14.3 Å². The standard InChI is InChI=1S/C17H16ClNO4S/c18-14-7-6-13(24-14)17(21)23-15(12-4-2-1-3-5-12)16(20)19-8-10-22-11-9-19/h1-7,15H,8-11H2/t15-/m1/s1. The summed E-state index contributed by atoms with van der Waals surface area (Å²) in [6.07, 6.45) is -0.974. The number of carbonyl (C=O) groups is 2. The van der Waals surface area contributed by atoms with Gasteiger partial charge in [-0.15, -0.1) is 11.3 Å². The lowest BCUT2D eigenvalue weighted by Crippen LogP contribution is -2.44. The second-order valence-electron chi connectivity index (χ2n) is 5.24. The van der Waals surface area contributed by atoms with Crippen LogP contribution in [0.3, 0.4) is 0 Å². The van der Waals surface area contributed by atoms with Gasteiger partial charge in [0.2, 0.25) is 6.10 Å². The van der Waals surface area contributed by atoms with Crippen LogP contribution < -0.4 is 0 Å². The lowest BCUT2D eigenvalue weighted by atomic mass is 10.1. The summed E-state index contributed by atoms with van der Waals surface area (Å²) >= 11 is 6.99. The summed E-state index contributed by atoms with van der Waals surface area (Å²) in [4.78, 5) is 27.2. The van der Waals surface area contributed by atoms with E-state index in [1.165, 1.54) is 0 Å². The Morgan fingerprint density at radius 3 is 2.46 bits per heavy atom. The summed E-state index contributed by atoms with van der Waals surface area (Å²) in [5, 5.41) is 0. The van der Waals surface area contributed by atoms with E-state index in [4.69, 9.17) is 21.1 Å². The van der Waals surface area contributed by atoms with Crippen LogP contribution in [0.4, 0.5) is 0 Å². The number of esters is 1. The molecular weight excluding hydrogens is 350 g/mol. The molecule has 7 heteroatoms. The highest BCUT2D eigenvalue weighted by molar-refractivity contribution is 7.17. The normalized spacial score (nSPS) is 15.8. The number of thiophene rings is 1. The van der Waals surface area contributed by atoms with E-state index in [9.17, 15) is 9.59 Å². The fraction of sp³-hybridized carbons (Fsp3) is 0.294. The van der Waals surface area contributed by atoms with Gasteiger partial charge >= 0.3 is 5.97 Å². The van der Waals surface area contributed by atoms with Crippen molar-refractivity contribution in [3.8, 4) is 0 Å². The Hall–Kier alpha value is -1.89. The van der Waals surface area contributed by atoms with Crippen molar-refractivity contribution in [1.82, 2.24) is 4.90 Å². The number of ether oxygens (including phenoxy) is 2. The summed E-state index contributed by atoms with van der Waals surface area (Å²) in [5.74, 6) is -0.789. The molecule has 0 radical (unpaired) electrons. The molecule has 1 aliphatic rings. The largest absolute Gasteiger partial charge is 0.443 e. The van der Waals surface area contributed by atoms with Crippen molar-refractivity contribution in [2.75, 3.05) is 26.3 Å². The van der Waals surface area contributed by atoms with Crippen LogP contribution in [0.2, 0.25) is 4.34 Å². The van der Waals surface area contributed by atoms with Gasteiger partial charge in [0.15, 0.2) is 0 Å². The molecule has 0 spiro atoms. The Bertz CT molecular complexity index is 712. The summed E-state index contributed by atoms with van der Waals surface area (Å²) in [6.45, 7) is 1.96. The minimum atomic E-state index is -0.974. The third-order valence-corrected chi connectivity index (χ3v) is 4.86. The highest BCUT2D eigenvalue weighted by Crippen LogP contribution is 2.26. The minimum absolute atomic E-state index is 0.236. The van der Waals surface area contributed by atoms with Crippen LogP contribution in [0.5, 0.6) is 0 Å². The van der Waals surface area contributed by atoms with E-state index in [0.29, 0.717) is 41.1 Å². The zero-order chi connectivity index (χ0) is 16.9. The number of nitrogens with zero attached hydrogens (tertiary/aromatic N) is 1. The number of amides is 1. The van der Waals surface area contributed by atoms with Gasteiger partial charge in [-0.05, 0) is 12.1 Å². The van der Waals surface area contributed by atoms with E-state index in [0.717, 1.165) is 11.3 Å². The monoisotopic (exact) mass is 365 g/mol. The Balaban J connectivity index is 1.82. The first-order valence-electron chi connectivity index (χ1n) is 7.53. The quantitative estimate of drug-likeness (QED) is 0.781. The first-order valence-corrected chi connectivity index (χ1v) is 8.72. The number of carbonyl (C=O) groups excluding carboxylic acids is 2. The maximum absolute atomic E-state index is 12.8. The lowest BCUT2D eigenvalue weighted by molar-refractivity contribution is -0.145. The summed E-state index contributed by atoms with van der Waals surface area (Å²) < 4.78 is 11.3. The average molecular weight is 366 g/mol. The maximum atomic E-state index is 12.8. The molecule has 3 rings (SSSR count). The molecule has 0 N–H and O–H groups in total. The Morgan fingerprint density at radius 2 is 1.83 bits per heavy atom. The van der Waals surface area contributed by atoms with E-state index in [1.54, 1.807) is 29.2 Å². The topological polar surface area (TPSA) is 55.8 Å². The molecule has 1 saturated heterocycles. The van der Waals surface area contributed by atoms with Crippen molar-refractivity contribution in [1.29, 1.82) is 0 Å². The molecular formula is C17H16ClNO4S. The number of morpholine rings is 1. The van der Waals surface area contributed by atoms with Crippen molar-refractivity contribution in [3.63, 3.8) is 0 Å². The molecule has 1 fully saturated rings. The van der Waals surface area contributed by atoms with E-state index >= 15 is 0 Å². The van der Waals surface area contributed by atoms with Gasteiger partial charge in [0.25, 0.3) is 5.91 Å². The van der Waals surface area contributed by atoms with Gasteiger partial charge in [-0.1, -0.05) is 41.9 Å². The summed E-state index contributed by atoms with van der Waals surface area (Å²) in [7, 11) is 0. The molecule has 0 aliphatic carbocycles. The minimum Gasteiger partial charge on any atom is -0.443 e. The van der Waals surface area contributed by atoms with Crippen LogP contribution in [0, 0.1) is 0 Å². The third kappa shape index (κ3) is 3.95. The molecule has 1 aromatic heterocycles. The molecule has 1 aliphatic heterocycles. The zero-order valence-electron chi connectivity index (χ0n) is 12.8. The number of hydrogen-bond donors (Lipinski definition) is 0. The van der Waals surface area contributed by atoms with Crippen LogP contribution in [0.1, 0.15) is 21.3 Å². The van der Waals surface area contributed by atoms with Crippen molar-refractivity contribution in [2.45, 2.75) is 6.10 Å². The first kappa shape index (κ1) is 17.0. The van der Waals surface area contributed by atoms with Gasteiger partial charge in [0, 0.05) is 18.7 Å². The van der Waals surface area contributed by atoms with Gasteiger partial charge in [-0.3, -0.25) is 4.79 Å². The van der Waals surface area contributed by atoms with Crippen molar-refractivity contribution >= 4 is 34.8 Å². The fourth-order valence-electron chi connectivity index (χ4n) is 2.43. The summed E-state index contributed by atoms with van der Waals surface area (Å²) in [5.41, 5.74) is 0.644. The van der Waals surface area contributed by atoms with E-state index < -0.39 is 12.1 Å². The zero-order valence-corrected chi connectivity index (χ0v) is 14.4. The molecule has 5 nitrogen and oxygen atoms in total. The Kier molecular flexibility index (Phi) is 5.50. The third-order valence-electron chi connectivity index (χ3n) is 3.65. The van der Waals surface area contributed by atoms with Crippen LogP contribution in [0.15, 0.2) is 42.5 Å². The SMILES string of the molecule is O=C(O[C@@H](C(=O)N1CCOCC1)c1ccccc1)c1ccc(Cl)s1. The van der Waals surface area contributed by atoms with Gasteiger partial charge < -0.3 is 14.4 Å². The molecule has 24 heavy (non-hydrogen) atoms. The molecule has 1 amide bonds. The highest BCUT2D eigenvalue weighted by Gasteiger charge is 2.31. The number of benzene rings is 1. The smallest absolute Gasteiger partial charge is 0.349 e. The maximum Gasteiger partial charge on any atom is 0.349 e. The predicted molar refractivity (Wildman–Crippen MR) is 91.3 cm³/mol. The van der Waals surface area contributed by atoms with Crippen LogP contribution >= 0.6 is 22.9 Å². The van der Waals surface area contributed by atoms with Gasteiger partial charge in [-0.25, -0.2) is 4.79 Å². The molecule has 0 bridgehead atoms. The lowest BCUT2D eigenvalue weighted by Gasteiger charge is -2.30. The summed E-state index contributed by atoms with van der Waals surface area (Å²) in [6, 6.07) is 12.2. The second-order valence-corrected chi connectivity index (χ2v) is 6.95. The second kappa shape index (κ2) is 7.79. The number of hydrogen-bond acceptors (Lipinski definition) is 5. The molecule has 2 aromatic rings. The number of halogens is 1. The van der Waals surface area contributed by atoms with E-state index in [1.807, 2.05) is 18.2 Å². The molecule has 1 aromatic carbocycles. The Morgan fingerprint density at radius 1 is 1.12 bits per heavy atom. The Labute approximate surface area is 148 Å². The average Bonchev–Trinajstić information content (AvgIpc) is 3.07. The van der Waals surface area contributed by atoms with E-state index in [-0.39, 0.29) is 5.91 Å². The predicted octanol–water partition coefficient (Wildman–Crippen LogP) is 3.16. The molecule has 2 heterocycles. The number of rotatable bonds is 4. The van der Waals surface area contributed by atoms with Crippen LogP contribution in [0.25, 0.3) is 0 Å². The molecule has 1 atom stereocenters. The van der Waals surface area contributed by atoms with Gasteiger partial charge in [-0.2, -0.15) is 0 Å². The fourth-order valence-corrected chi connectivity index (χ4v) is 3.35. The van der Waals surface area contributed by atoms with Gasteiger partial charge in [0.05, 0.1) is 17.6 Å². The van der Waals surface area contributed by atoms with Crippen molar-refractivity contribution in [3.05, 3.63) is 57.2 Å². The molecule has 0 saturated carbocycles. The molecule has 0 unspecified atom stereocenters. The van der Waals surface area contributed by atoms with Crippen molar-refractivity contribution < 1.29 is 19.1 Å². The van der Waals surface area contributed by atoms with Gasteiger partial charge in [0.1, 0.15) is 4.88 Å². The van der Waals surface area contributed by atoms with Crippen LogP contribution in [-0.4, -0.2) is 43.1 Å². The molecule has 126 valence electrons. The first-order chi connectivity index (χ1) is 11.6.